The smallest absolute Gasteiger partial charge is 0.380 e. The topological polar surface area (TPSA) is 128 Å². The third kappa shape index (κ3) is 12.4. The Labute approximate surface area is 400 Å². The van der Waals surface area contributed by atoms with E-state index in [4.69, 9.17) is 23.2 Å². The number of thioether (sulfide) groups is 1. The summed E-state index contributed by atoms with van der Waals surface area (Å²) < 4.78 is 142. The summed E-state index contributed by atoms with van der Waals surface area (Å²) >= 11 is 13.7. The van der Waals surface area contributed by atoms with Crippen molar-refractivity contribution in [3.05, 3.63) is 124 Å². The molecule has 0 saturated carbocycles. The fourth-order valence-corrected chi connectivity index (χ4v) is 11.7. The van der Waals surface area contributed by atoms with E-state index < -0.39 is 64.7 Å². The Morgan fingerprint density at radius 2 is 1.55 bits per heavy atom. The summed E-state index contributed by atoms with van der Waals surface area (Å²) in [6, 6.07) is 24.1. The van der Waals surface area contributed by atoms with Crippen LogP contribution in [0.3, 0.4) is 0 Å². The lowest BCUT2D eigenvalue weighted by molar-refractivity contribution is -0.145. The molecule has 0 spiro atoms. The summed E-state index contributed by atoms with van der Waals surface area (Å²) in [6.07, 6.45) is -3.30. The maximum absolute atomic E-state index is 14.3. The first-order valence-electron chi connectivity index (χ1n) is 21.1. The molecule has 1 saturated heterocycles. The number of halogens is 8. The number of fused-ring (bicyclic) bond motifs is 1. The van der Waals surface area contributed by atoms with E-state index in [9.17, 15) is 43.2 Å². The quantitative estimate of drug-likeness (QED) is 0.0724. The SMILES string of the molecule is CN(C)CC[C@H](CSc1ccccc1Cl)Nc1ccc(S(=O)(=O)Nc2nc(C(F)(F)F)nc3c2CCN(C2CCN(Cc4ccccc4-c4ccc(Cl)cc4)CC2)C3)cc1S(=O)(=O)C(F)(F)F. The standard InChI is InChI=1S/C45H47Cl2F6N7O4S3/c1-58(2)21-17-32(28-65-40-10-6-5-9-37(40)47)54-38-16-15-34(25-41(38)66(61,62)45(51,52)53)67(63,64)57-42-36-20-24-60(27-39(36)55-43(56-42)44(48,49)50)33-18-22-59(23-19-33)26-30-7-3-4-8-35(30)29-11-13-31(46)14-12-29/h3-16,25,32-33,54H,17-24,26-28H2,1-2H3,(H,55,56,57)/t32-/m1/s1. The van der Waals surface area contributed by atoms with Gasteiger partial charge in [0.1, 0.15) is 10.7 Å². The number of piperidine rings is 1. The van der Waals surface area contributed by atoms with Crippen molar-refractivity contribution in [3.8, 4) is 11.1 Å². The number of anilines is 2. The summed E-state index contributed by atoms with van der Waals surface area (Å²) in [5, 5.41) is 3.95. The first-order chi connectivity index (χ1) is 31.6. The number of nitrogens with one attached hydrogen (secondary N) is 2. The van der Waals surface area contributed by atoms with Gasteiger partial charge in [-0.3, -0.25) is 14.5 Å². The van der Waals surface area contributed by atoms with Crippen LogP contribution in [0.25, 0.3) is 11.1 Å². The van der Waals surface area contributed by atoms with Gasteiger partial charge in [-0.1, -0.05) is 71.7 Å². The maximum Gasteiger partial charge on any atom is 0.501 e. The summed E-state index contributed by atoms with van der Waals surface area (Å²) in [5.74, 6) is -2.09. The Bertz CT molecular complexity index is 2780. The summed E-state index contributed by atoms with van der Waals surface area (Å²) in [5.41, 5.74) is -3.07. The van der Waals surface area contributed by atoms with Crippen LogP contribution in [0.5, 0.6) is 0 Å². The monoisotopic (exact) mass is 1030 g/mol. The molecule has 1 atom stereocenters. The van der Waals surface area contributed by atoms with Crippen LogP contribution in [-0.2, 0) is 45.5 Å². The summed E-state index contributed by atoms with van der Waals surface area (Å²) in [4.78, 5) is 11.9. The van der Waals surface area contributed by atoms with Gasteiger partial charge in [0.15, 0.2) is 0 Å². The summed E-state index contributed by atoms with van der Waals surface area (Å²) in [6.45, 7) is 2.84. The maximum atomic E-state index is 14.3. The minimum atomic E-state index is -6.19. The molecular formula is C45H47Cl2F6N7O4S3. The van der Waals surface area contributed by atoms with Gasteiger partial charge in [0.2, 0.25) is 5.82 Å². The van der Waals surface area contributed by atoms with E-state index >= 15 is 0 Å². The van der Waals surface area contributed by atoms with Crippen LogP contribution in [0.2, 0.25) is 10.0 Å². The van der Waals surface area contributed by atoms with Crippen molar-refractivity contribution in [2.45, 2.75) is 77.2 Å². The van der Waals surface area contributed by atoms with E-state index in [2.05, 4.69) is 32.3 Å². The molecular weight excluding hydrogens is 984 g/mol. The Kier molecular flexibility index (Phi) is 15.8. The van der Waals surface area contributed by atoms with Crippen molar-refractivity contribution in [1.82, 2.24) is 24.7 Å². The molecule has 0 aliphatic carbocycles. The lowest BCUT2D eigenvalue weighted by Crippen LogP contribution is -2.46. The van der Waals surface area contributed by atoms with Crippen LogP contribution in [0.15, 0.2) is 106 Å². The zero-order valence-corrected chi connectivity index (χ0v) is 40.2. The highest BCUT2D eigenvalue weighted by atomic mass is 35.5. The molecule has 0 unspecified atom stereocenters. The Hall–Kier alpha value is -4.15. The molecule has 5 aromatic rings. The largest absolute Gasteiger partial charge is 0.501 e. The normalized spacial score (nSPS) is 16.2. The van der Waals surface area contributed by atoms with E-state index in [1.807, 2.05) is 50.9 Å². The van der Waals surface area contributed by atoms with E-state index in [1.54, 1.807) is 38.4 Å². The van der Waals surface area contributed by atoms with Gasteiger partial charge in [0, 0.05) is 53.0 Å². The average molecular weight is 1030 g/mol. The fourth-order valence-electron chi connectivity index (χ4n) is 8.13. The first-order valence-corrected chi connectivity index (χ1v) is 25.8. The zero-order valence-electron chi connectivity index (χ0n) is 36.2. The van der Waals surface area contributed by atoms with E-state index in [-0.39, 0.29) is 36.0 Å². The molecule has 7 rings (SSSR count). The van der Waals surface area contributed by atoms with Crippen LogP contribution in [0, 0.1) is 0 Å². The molecule has 2 aliphatic rings. The van der Waals surface area contributed by atoms with Crippen LogP contribution >= 0.6 is 35.0 Å². The number of hydrogen-bond donors (Lipinski definition) is 2. The molecule has 1 aromatic heterocycles. The highest BCUT2D eigenvalue weighted by Gasteiger charge is 2.49. The molecule has 4 aromatic carbocycles. The van der Waals surface area contributed by atoms with Gasteiger partial charge in [-0.2, -0.15) is 26.3 Å². The second kappa shape index (κ2) is 20.8. The molecule has 0 bridgehead atoms. The molecule has 360 valence electrons. The van der Waals surface area contributed by atoms with Crippen LogP contribution in [0.4, 0.5) is 37.8 Å². The molecule has 0 amide bonds. The fraction of sp³-hybridized carbons (Fsp3) is 0.378. The predicted octanol–water partition coefficient (Wildman–Crippen LogP) is 10.1. The van der Waals surface area contributed by atoms with Crippen molar-refractivity contribution in [1.29, 1.82) is 0 Å². The third-order valence-corrected chi connectivity index (χ3v) is 16.4. The molecule has 11 nitrogen and oxygen atoms in total. The highest BCUT2D eigenvalue weighted by Crippen LogP contribution is 2.39. The van der Waals surface area contributed by atoms with Crippen molar-refractivity contribution >= 4 is 66.3 Å². The summed E-state index contributed by atoms with van der Waals surface area (Å²) in [7, 11) is -7.68. The van der Waals surface area contributed by atoms with Gasteiger partial charge in [-0.25, -0.2) is 26.8 Å². The lowest BCUT2D eigenvalue weighted by atomic mass is 9.96. The van der Waals surface area contributed by atoms with E-state index in [0.29, 0.717) is 73.0 Å². The Morgan fingerprint density at radius 1 is 0.866 bits per heavy atom. The molecule has 3 heterocycles. The number of aromatic nitrogens is 2. The van der Waals surface area contributed by atoms with Crippen molar-refractivity contribution in [3.63, 3.8) is 0 Å². The van der Waals surface area contributed by atoms with Crippen molar-refractivity contribution < 1.29 is 43.2 Å². The van der Waals surface area contributed by atoms with Crippen molar-refractivity contribution in [2.24, 2.45) is 0 Å². The number of sulfonamides is 1. The molecule has 2 aliphatic heterocycles. The molecule has 2 N–H and O–H groups in total. The van der Waals surface area contributed by atoms with E-state index in [0.717, 1.165) is 28.8 Å². The number of alkyl halides is 6. The number of hydrogen-bond acceptors (Lipinski definition) is 11. The minimum Gasteiger partial charge on any atom is -0.380 e. The van der Waals surface area contributed by atoms with Crippen molar-refractivity contribution in [2.75, 3.05) is 56.1 Å². The van der Waals surface area contributed by atoms with Gasteiger partial charge < -0.3 is 10.2 Å². The zero-order chi connectivity index (χ0) is 48.3. The third-order valence-electron chi connectivity index (χ3n) is 11.6. The second-order valence-electron chi connectivity index (χ2n) is 16.6. The van der Waals surface area contributed by atoms with Crippen LogP contribution in [0.1, 0.15) is 41.9 Å². The molecule has 22 heteroatoms. The molecule has 67 heavy (non-hydrogen) atoms. The number of nitrogens with zero attached hydrogens (tertiary/aromatic N) is 5. The predicted molar refractivity (Wildman–Crippen MR) is 250 cm³/mol. The van der Waals surface area contributed by atoms with Crippen LogP contribution in [-0.4, -0.2) is 105 Å². The van der Waals surface area contributed by atoms with Gasteiger partial charge in [-0.05, 0) is 119 Å². The first kappa shape index (κ1) is 50.7. The van der Waals surface area contributed by atoms with Gasteiger partial charge in [0.25, 0.3) is 19.9 Å². The van der Waals surface area contributed by atoms with Gasteiger partial charge in [0.05, 0.1) is 21.3 Å². The lowest BCUT2D eigenvalue weighted by Gasteiger charge is -2.40. The number of rotatable bonds is 16. The number of sulfone groups is 1. The van der Waals surface area contributed by atoms with Crippen LogP contribution < -0.4 is 10.0 Å². The van der Waals surface area contributed by atoms with Gasteiger partial charge in [-0.15, -0.1) is 11.8 Å². The molecule has 0 radical (unpaired) electrons. The van der Waals surface area contributed by atoms with Gasteiger partial charge >= 0.3 is 11.7 Å². The number of likely N-dealkylation sites (tertiary alicyclic amines) is 1. The Morgan fingerprint density at radius 3 is 2.22 bits per heavy atom. The molecule has 1 fully saturated rings. The number of benzene rings is 4. The Balaban J connectivity index is 1.11. The highest BCUT2D eigenvalue weighted by molar-refractivity contribution is 7.99. The average Bonchev–Trinajstić information content (AvgIpc) is 3.27. The van der Waals surface area contributed by atoms with E-state index in [1.165, 1.54) is 11.8 Å². The second-order valence-corrected chi connectivity index (χ2v) is 22.1. The minimum absolute atomic E-state index is 0.0151.